The minimum atomic E-state index is 0.311. The van der Waals surface area contributed by atoms with Crippen molar-refractivity contribution in [3.63, 3.8) is 0 Å². The molecule has 0 amide bonds. The molecule has 0 spiro atoms. The van der Waals surface area contributed by atoms with E-state index in [2.05, 4.69) is 44.4 Å². The van der Waals surface area contributed by atoms with E-state index in [0.717, 1.165) is 5.75 Å². The van der Waals surface area contributed by atoms with E-state index < -0.39 is 0 Å². The van der Waals surface area contributed by atoms with Gasteiger partial charge < -0.3 is 10.1 Å². The molecule has 1 aliphatic carbocycles. The fourth-order valence-corrected chi connectivity index (χ4v) is 2.92. The molecule has 106 valence electrons. The number of likely N-dealkylation sites (N-methyl/N-ethyl adjacent to an activating group) is 1. The van der Waals surface area contributed by atoms with Gasteiger partial charge in [-0.2, -0.15) is 0 Å². The summed E-state index contributed by atoms with van der Waals surface area (Å²) in [6.07, 6.45) is 8.03. The van der Waals surface area contributed by atoms with Gasteiger partial charge >= 0.3 is 0 Å². The van der Waals surface area contributed by atoms with Gasteiger partial charge in [0.1, 0.15) is 11.9 Å². The fraction of sp³-hybridized carbons (Fsp3) is 0.647. The molecule has 1 saturated carbocycles. The van der Waals surface area contributed by atoms with E-state index in [1.165, 1.54) is 49.7 Å². The van der Waals surface area contributed by atoms with Crippen molar-refractivity contribution < 1.29 is 4.74 Å². The lowest BCUT2D eigenvalue weighted by molar-refractivity contribution is 0.130. The minimum Gasteiger partial charge on any atom is -0.489 e. The highest BCUT2D eigenvalue weighted by atomic mass is 16.5. The number of benzene rings is 1. The summed E-state index contributed by atoms with van der Waals surface area (Å²) in [5, 5.41) is 3.45. The van der Waals surface area contributed by atoms with Gasteiger partial charge in [0.15, 0.2) is 0 Å². The van der Waals surface area contributed by atoms with Crippen molar-refractivity contribution >= 4 is 0 Å². The predicted octanol–water partition coefficient (Wildman–Crippen LogP) is 3.99. The molecule has 1 N–H and O–H groups in total. The second-order valence-corrected chi connectivity index (χ2v) is 5.81. The maximum atomic E-state index is 6.34. The average molecular weight is 261 g/mol. The molecule has 0 aromatic heterocycles. The lowest BCUT2D eigenvalue weighted by atomic mass is 9.94. The van der Waals surface area contributed by atoms with Crippen LogP contribution in [0, 0.1) is 13.8 Å². The van der Waals surface area contributed by atoms with Gasteiger partial charge in [0.2, 0.25) is 0 Å². The van der Waals surface area contributed by atoms with Crippen LogP contribution in [-0.2, 0) is 0 Å². The van der Waals surface area contributed by atoms with Crippen molar-refractivity contribution in [1.29, 1.82) is 0 Å². The standard InChI is InChI=1S/C17H27NO/c1-13-10-11-14(2)17(12-13)19-16-9-7-5-4-6-8-15(16)18-3/h10-12,15-16,18H,4-9H2,1-3H3. The Labute approximate surface area is 117 Å². The fourth-order valence-electron chi connectivity index (χ4n) is 2.92. The molecular formula is C17H27NO. The number of hydrogen-bond acceptors (Lipinski definition) is 2. The highest BCUT2D eigenvalue weighted by Crippen LogP contribution is 2.26. The summed E-state index contributed by atoms with van der Waals surface area (Å²) in [5.41, 5.74) is 2.51. The van der Waals surface area contributed by atoms with E-state index in [1.807, 2.05) is 0 Å². The van der Waals surface area contributed by atoms with E-state index in [1.54, 1.807) is 0 Å². The third-order valence-corrected chi connectivity index (χ3v) is 4.20. The molecule has 1 fully saturated rings. The second-order valence-electron chi connectivity index (χ2n) is 5.81. The van der Waals surface area contributed by atoms with E-state index in [0.29, 0.717) is 12.1 Å². The lowest BCUT2D eigenvalue weighted by Gasteiger charge is -2.30. The quantitative estimate of drug-likeness (QED) is 0.888. The highest BCUT2D eigenvalue weighted by molar-refractivity contribution is 5.36. The largest absolute Gasteiger partial charge is 0.489 e. The average Bonchev–Trinajstić information content (AvgIpc) is 2.37. The molecule has 2 nitrogen and oxygen atoms in total. The Morgan fingerprint density at radius 2 is 1.79 bits per heavy atom. The van der Waals surface area contributed by atoms with Crippen molar-refractivity contribution in [3.8, 4) is 5.75 Å². The topological polar surface area (TPSA) is 21.3 Å². The molecule has 0 heterocycles. The number of aryl methyl sites for hydroxylation is 2. The molecule has 0 bridgehead atoms. The Kier molecular flexibility index (Phi) is 5.26. The van der Waals surface area contributed by atoms with Crippen molar-refractivity contribution in [2.45, 2.75) is 64.5 Å². The summed E-state index contributed by atoms with van der Waals surface area (Å²) >= 11 is 0. The monoisotopic (exact) mass is 261 g/mol. The van der Waals surface area contributed by atoms with Crippen LogP contribution in [0.2, 0.25) is 0 Å². The second kappa shape index (κ2) is 6.95. The maximum absolute atomic E-state index is 6.34. The Bertz CT molecular complexity index is 402. The predicted molar refractivity (Wildman–Crippen MR) is 80.9 cm³/mol. The molecule has 0 saturated heterocycles. The van der Waals surface area contributed by atoms with Crippen molar-refractivity contribution in [1.82, 2.24) is 5.32 Å². The van der Waals surface area contributed by atoms with Crippen LogP contribution in [0.4, 0.5) is 0 Å². The highest BCUT2D eigenvalue weighted by Gasteiger charge is 2.23. The van der Waals surface area contributed by atoms with Crippen LogP contribution < -0.4 is 10.1 Å². The van der Waals surface area contributed by atoms with Crippen LogP contribution in [0.5, 0.6) is 5.75 Å². The molecule has 0 aliphatic heterocycles. The third kappa shape index (κ3) is 3.97. The number of hydrogen-bond donors (Lipinski definition) is 1. The summed E-state index contributed by atoms with van der Waals surface area (Å²) in [4.78, 5) is 0. The first kappa shape index (κ1) is 14.4. The van der Waals surface area contributed by atoms with Crippen LogP contribution in [0.1, 0.15) is 49.7 Å². The summed E-state index contributed by atoms with van der Waals surface area (Å²) in [7, 11) is 2.06. The molecule has 1 aliphatic rings. The maximum Gasteiger partial charge on any atom is 0.122 e. The van der Waals surface area contributed by atoms with Crippen molar-refractivity contribution in [3.05, 3.63) is 29.3 Å². The summed E-state index contributed by atoms with van der Waals surface area (Å²) in [5.74, 6) is 1.06. The van der Waals surface area contributed by atoms with Gasteiger partial charge in [0.05, 0.1) is 0 Å². The van der Waals surface area contributed by atoms with Gasteiger partial charge in [-0.3, -0.25) is 0 Å². The van der Waals surface area contributed by atoms with E-state index in [4.69, 9.17) is 4.74 Å². The molecule has 1 aromatic rings. The molecular weight excluding hydrogens is 234 g/mol. The molecule has 1 aromatic carbocycles. The van der Waals surface area contributed by atoms with Crippen LogP contribution in [0.15, 0.2) is 18.2 Å². The molecule has 0 radical (unpaired) electrons. The van der Waals surface area contributed by atoms with Gasteiger partial charge in [-0.1, -0.05) is 31.4 Å². The number of nitrogens with one attached hydrogen (secondary N) is 1. The molecule has 19 heavy (non-hydrogen) atoms. The molecule has 2 rings (SSSR count). The summed E-state index contributed by atoms with van der Waals surface area (Å²) < 4.78 is 6.34. The molecule has 2 atom stereocenters. The molecule has 2 heteroatoms. The van der Waals surface area contributed by atoms with Gasteiger partial charge in [0.25, 0.3) is 0 Å². The Morgan fingerprint density at radius 1 is 1.05 bits per heavy atom. The van der Waals surface area contributed by atoms with Gasteiger partial charge in [-0.05, 0) is 57.4 Å². The minimum absolute atomic E-state index is 0.311. The van der Waals surface area contributed by atoms with Crippen molar-refractivity contribution in [2.24, 2.45) is 0 Å². The van der Waals surface area contributed by atoms with Crippen LogP contribution in [0.25, 0.3) is 0 Å². The van der Waals surface area contributed by atoms with Gasteiger partial charge in [-0.15, -0.1) is 0 Å². The van der Waals surface area contributed by atoms with Crippen LogP contribution in [-0.4, -0.2) is 19.2 Å². The van der Waals surface area contributed by atoms with E-state index in [-0.39, 0.29) is 0 Å². The summed E-state index contributed by atoms with van der Waals surface area (Å²) in [6.45, 7) is 4.26. The zero-order valence-corrected chi connectivity index (χ0v) is 12.5. The van der Waals surface area contributed by atoms with Gasteiger partial charge in [-0.25, -0.2) is 0 Å². The first-order chi connectivity index (χ1) is 9.20. The Morgan fingerprint density at radius 3 is 2.53 bits per heavy atom. The molecule has 2 unspecified atom stereocenters. The number of ether oxygens (including phenoxy) is 1. The van der Waals surface area contributed by atoms with Crippen LogP contribution in [0.3, 0.4) is 0 Å². The lowest BCUT2D eigenvalue weighted by Crippen LogP contribution is -2.42. The zero-order chi connectivity index (χ0) is 13.7. The van der Waals surface area contributed by atoms with Crippen LogP contribution >= 0.6 is 0 Å². The third-order valence-electron chi connectivity index (χ3n) is 4.20. The zero-order valence-electron chi connectivity index (χ0n) is 12.5. The smallest absolute Gasteiger partial charge is 0.122 e. The van der Waals surface area contributed by atoms with Gasteiger partial charge in [0, 0.05) is 6.04 Å². The normalized spacial score (nSPS) is 24.6. The summed E-state index contributed by atoms with van der Waals surface area (Å²) in [6, 6.07) is 6.96. The Hall–Kier alpha value is -1.02. The Balaban J connectivity index is 2.10. The number of rotatable bonds is 3. The first-order valence-corrected chi connectivity index (χ1v) is 7.62. The first-order valence-electron chi connectivity index (χ1n) is 7.62. The van der Waals surface area contributed by atoms with E-state index in [9.17, 15) is 0 Å². The van der Waals surface area contributed by atoms with Crippen molar-refractivity contribution in [2.75, 3.05) is 7.05 Å². The van der Waals surface area contributed by atoms with E-state index >= 15 is 0 Å². The SMILES string of the molecule is CNC1CCCCCCC1Oc1cc(C)ccc1C.